The number of nitrogens with zero attached hydrogens (tertiary/aromatic N) is 1. The Morgan fingerprint density at radius 3 is 1.83 bits per heavy atom. The summed E-state index contributed by atoms with van der Waals surface area (Å²) in [5.74, 6) is -1.24. The fourth-order valence-electron chi connectivity index (χ4n) is 5.65. The van der Waals surface area contributed by atoms with E-state index in [1.54, 1.807) is 24.1 Å². The molecule has 60 heavy (non-hydrogen) atoms. The second-order valence-electron chi connectivity index (χ2n) is 16.0. The lowest BCUT2D eigenvalue weighted by Crippen LogP contribution is -3.14. The molecule has 19 heteroatoms. The number of methoxy groups -OCH3 is 1. The minimum Gasteiger partial charge on any atom is -0.858 e. The highest BCUT2D eigenvalue weighted by Gasteiger charge is 2.45. The first kappa shape index (κ1) is 58.1. The van der Waals surface area contributed by atoms with Crippen LogP contribution in [0.1, 0.15) is 83.8 Å². The second-order valence-corrected chi connectivity index (χ2v) is 26.4. The van der Waals surface area contributed by atoms with Crippen LogP contribution >= 0.6 is 0 Å². The molecule has 2 unspecified atom stereocenters. The van der Waals surface area contributed by atoms with Crippen molar-refractivity contribution in [2.75, 3.05) is 92.8 Å². The highest BCUT2D eigenvalue weighted by atomic mass is 32.2. The van der Waals surface area contributed by atoms with Gasteiger partial charge in [0.1, 0.15) is 19.6 Å². The van der Waals surface area contributed by atoms with Crippen molar-refractivity contribution in [1.29, 1.82) is 0 Å². The topological polar surface area (TPSA) is 156 Å². The third kappa shape index (κ3) is 27.9. The van der Waals surface area contributed by atoms with E-state index in [-0.39, 0.29) is 23.4 Å². The molecule has 1 saturated heterocycles. The predicted octanol–water partition coefficient (Wildman–Crippen LogP) is 5.95. The van der Waals surface area contributed by atoms with Gasteiger partial charge in [0.25, 0.3) is 0 Å². The van der Waals surface area contributed by atoms with Crippen molar-refractivity contribution in [1.82, 2.24) is 0 Å². The maximum Gasteiger partial charge on any atom is 0.518 e. The van der Waals surface area contributed by atoms with Crippen LogP contribution in [0.3, 0.4) is 0 Å². The van der Waals surface area contributed by atoms with E-state index >= 15 is 0 Å². The van der Waals surface area contributed by atoms with Gasteiger partial charge in [-0.1, -0.05) is 71.7 Å². The molecule has 1 aliphatic heterocycles. The van der Waals surface area contributed by atoms with Gasteiger partial charge in [-0.05, 0) is 74.6 Å². The fraction of sp³-hybridized carbons (Fsp3) is 0.805. The smallest absolute Gasteiger partial charge is 0.518 e. The molecule has 1 aromatic carbocycles. The molecule has 0 amide bonds. The number of sulfonamides is 1. The third-order valence-corrected chi connectivity index (χ3v) is 18.2. The van der Waals surface area contributed by atoms with Crippen LogP contribution in [0, 0.1) is 5.92 Å². The number of unbranched alkanes of at least 4 members (excludes halogenated alkanes) is 1. The Morgan fingerprint density at radius 2 is 1.35 bits per heavy atom. The van der Waals surface area contributed by atoms with E-state index < -0.39 is 38.1 Å². The minimum absolute atomic E-state index is 0.0203. The van der Waals surface area contributed by atoms with Gasteiger partial charge in [-0.15, -0.1) is 0 Å². The van der Waals surface area contributed by atoms with Gasteiger partial charge in [-0.25, -0.2) is 0 Å². The van der Waals surface area contributed by atoms with E-state index in [0.29, 0.717) is 46.2 Å². The molecule has 1 aliphatic rings. The molecule has 13 nitrogen and oxygen atoms in total. The maximum absolute atomic E-state index is 12.1. The van der Waals surface area contributed by atoms with Crippen molar-refractivity contribution in [2.24, 2.45) is 10.3 Å². The van der Waals surface area contributed by atoms with Gasteiger partial charge in [0.15, 0.2) is 16.6 Å². The Morgan fingerprint density at radius 1 is 0.833 bits per heavy atom. The molecule has 1 heterocycles. The molecule has 0 aliphatic carbocycles. The number of alkyl halides is 3. The Kier molecular flexibility index (Phi) is 30.8. The number of carbonyl (C=O) groups is 1. The zero-order chi connectivity index (χ0) is 45.7. The van der Waals surface area contributed by atoms with Crippen molar-refractivity contribution in [3.8, 4) is 0 Å². The summed E-state index contributed by atoms with van der Waals surface area (Å²) >= 11 is 0. The summed E-state index contributed by atoms with van der Waals surface area (Å²) < 4.78 is 98.3. The second kappa shape index (κ2) is 31.8. The summed E-state index contributed by atoms with van der Waals surface area (Å²) in [7, 11) is -7.28. The normalized spacial score (nSPS) is 15.3. The average molecular weight is 919 g/mol. The zero-order valence-electron chi connectivity index (χ0n) is 38.1. The van der Waals surface area contributed by atoms with Gasteiger partial charge < -0.3 is 42.5 Å². The number of rotatable bonds is 27. The van der Waals surface area contributed by atoms with Gasteiger partial charge in [-0.2, -0.15) is 26.0 Å². The van der Waals surface area contributed by atoms with Crippen molar-refractivity contribution >= 4 is 38.5 Å². The third-order valence-electron chi connectivity index (χ3n) is 9.68. The Hall–Kier alpha value is -1.95. The number of nitrogens with one attached hydrogen (secondary N) is 1. The number of carbonyl (C=O) groups excluding carboxylic acids is 1. The summed E-state index contributed by atoms with van der Waals surface area (Å²) in [6, 6.07) is 7.99. The Balaban J connectivity index is 0.000000871. The SMILES string of the molecule is CCC(C)c1ccc(C([O-])=NS(=O)(=O)C(F)(F)F)cc1.CCCC[Si](C)(C)O[Si](C)(C)CCCOC(=O)C(C)CC.COCCOCCOCCOCC[NH+]1CCOCC1. The fourth-order valence-corrected chi connectivity index (χ4v) is 15.1. The number of benzene rings is 1. The minimum atomic E-state index is -5.80. The largest absolute Gasteiger partial charge is 0.858 e. The van der Waals surface area contributed by atoms with E-state index in [2.05, 4.69) is 37.5 Å². The quantitative estimate of drug-likeness (QED) is 0.0366. The van der Waals surface area contributed by atoms with E-state index in [4.69, 9.17) is 32.5 Å². The number of ether oxygens (including phenoxy) is 6. The van der Waals surface area contributed by atoms with Crippen LogP contribution in [0.15, 0.2) is 28.7 Å². The number of esters is 1. The lowest BCUT2D eigenvalue weighted by Gasteiger charge is -2.34. The van der Waals surface area contributed by atoms with E-state index in [0.717, 1.165) is 70.3 Å². The molecule has 2 rings (SSSR count). The number of quaternary nitrogens is 1. The van der Waals surface area contributed by atoms with E-state index in [1.807, 2.05) is 27.7 Å². The summed E-state index contributed by atoms with van der Waals surface area (Å²) in [6.07, 6.45) is 5.16. The highest BCUT2D eigenvalue weighted by molar-refractivity contribution is 7.91. The molecule has 1 fully saturated rings. The van der Waals surface area contributed by atoms with Crippen molar-refractivity contribution < 1.29 is 68.9 Å². The highest BCUT2D eigenvalue weighted by Crippen LogP contribution is 2.26. The van der Waals surface area contributed by atoms with Gasteiger partial charge >= 0.3 is 21.5 Å². The molecule has 352 valence electrons. The number of morpholine rings is 1. The molecule has 0 saturated carbocycles. The summed E-state index contributed by atoms with van der Waals surface area (Å²) in [4.78, 5) is 13.2. The Bertz CT molecular complexity index is 1400. The first-order valence-corrected chi connectivity index (χ1v) is 29.0. The summed E-state index contributed by atoms with van der Waals surface area (Å²) in [5.41, 5.74) is -4.87. The van der Waals surface area contributed by atoms with Crippen molar-refractivity contribution in [3.63, 3.8) is 0 Å². The average Bonchev–Trinajstić information content (AvgIpc) is 3.20. The molecule has 0 spiro atoms. The predicted molar refractivity (Wildman–Crippen MR) is 233 cm³/mol. The van der Waals surface area contributed by atoms with E-state index in [1.165, 1.54) is 31.0 Å². The van der Waals surface area contributed by atoms with E-state index in [9.17, 15) is 31.5 Å². The molecule has 0 bridgehead atoms. The standard InChI is InChI=1S/C16H36O3Si2.C13H27NO5.C12H14F3NO3S/c1-8-10-13-20(4,5)19-21(6,7)14-11-12-18-16(17)15(3)9-2;1-15-8-9-18-12-13-19-11-10-17-7-4-14-2-5-16-6-3-14;1-3-8(2)9-4-6-10(7-5-9)11(17)16-20(18,19)12(13,14)15/h15H,8-14H2,1-7H3;2-13H2,1H3;4-8H,3H2,1-2H3,(H,16,17). The number of hydrogen-bond acceptors (Lipinski definition) is 11. The number of hydrogen-bond donors (Lipinski definition) is 1. The first-order valence-electron chi connectivity index (χ1n) is 21.3. The summed E-state index contributed by atoms with van der Waals surface area (Å²) in [6.45, 7) is 29.5. The lowest BCUT2D eigenvalue weighted by molar-refractivity contribution is -0.908. The van der Waals surface area contributed by atoms with Crippen LogP contribution in [-0.4, -0.2) is 135 Å². The van der Waals surface area contributed by atoms with Crippen LogP contribution in [0.4, 0.5) is 13.2 Å². The van der Waals surface area contributed by atoms with Gasteiger partial charge in [0.05, 0.1) is 72.0 Å². The molecule has 1 aromatic rings. The summed E-state index contributed by atoms with van der Waals surface area (Å²) in [5, 5.41) is 11.4. The van der Waals surface area contributed by atoms with Gasteiger partial charge in [0, 0.05) is 13.0 Å². The zero-order valence-corrected chi connectivity index (χ0v) is 40.9. The molecular weight excluding hydrogens is 842 g/mol. The molecule has 0 radical (unpaired) electrons. The first-order chi connectivity index (χ1) is 28.1. The number of halogens is 3. The molecule has 0 aromatic heterocycles. The van der Waals surface area contributed by atoms with Gasteiger partial charge in [0.2, 0.25) is 0 Å². The molecule has 2 atom stereocenters. The van der Waals surface area contributed by atoms with Crippen molar-refractivity contribution in [2.45, 2.75) is 116 Å². The van der Waals surface area contributed by atoms with Gasteiger partial charge in [-0.3, -0.25) is 4.79 Å². The molecule has 1 N–H and O–H groups in total. The molecular formula is C41H77F3N2O11SSi2. The lowest BCUT2D eigenvalue weighted by atomic mass is 9.98. The monoisotopic (exact) mass is 918 g/mol. The van der Waals surface area contributed by atoms with Crippen LogP contribution < -0.4 is 10.0 Å². The Labute approximate surface area is 361 Å². The maximum atomic E-state index is 12.1. The van der Waals surface area contributed by atoms with Crippen LogP contribution in [0.2, 0.25) is 38.3 Å². The van der Waals surface area contributed by atoms with Crippen LogP contribution in [0.5, 0.6) is 0 Å². The van der Waals surface area contributed by atoms with Crippen LogP contribution in [0.25, 0.3) is 0 Å². The van der Waals surface area contributed by atoms with Crippen molar-refractivity contribution in [3.05, 3.63) is 35.4 Å². The van der Waals surface area contributed by atoms with Crippen LogP contribution in [-0.2, 0) is 47.4 Å².